The molecule has 0 spiro atoms. The van der Waals surface area contributed by atoms with E-state index < -0.39 is 0 Å². The number of nitrogens with one attached hydrogen (secondary N) is 1. The smallest absolute Gasteiger partial charge is 0.0610 e. The molecule has 1 atom stereocenters. The molecule has 3 nitrogen and oxygen atoms in total. The monoisotopic (exact) mass is 257 g/mol. The van der Waals surface area contributed by atoms with Gasteiger partial charge < -0.3 is 5.32 Å². The Morgan fingerprint density at radius 2 is 1.79 bits per heavy atom. The summed E-state index contributed by atoms with van der Waals surface area (Å²) in [5, 5.41) is 7.94. The largest absolute Gasteiger partial charge is 0.306 e. The Labute approximate surface area is 115 Å². The maximum atomic E-state index is 4.37. The van der Waals surface area contributed by atoms with Gasteiger partial charge in [-0.3, -0.25) is 4.68 Å². The van der Waals surface area contributed by atoms with Gasteiger partial charge in [-0.05, 0) is 32.9 Å². The SMILES string of the molecule is CCNC(c1cc(C)cc(C)c1)c1cnn(C)c1C. The molecule has 102 valence electrons. The highest BCUT2D eigenvalue weighted by molar-refractivity contribution is 5.37. The first-order valence-corrected chi connectivity index (χ1v) is 6.83. The average Bonchev–Trinajstić information content (AvgIpc) is 2.66. The molecule has 2 rings (SSSR count). The highest BCUT2D eigenvalue weighted by Gasteiger charge is 2.18. The van der Waals surface area contributed by atoms with Gasteiger partial charge >= 0.3 is 0 Å². The minimum Gasteiger partial charge on any atom is -0.306 e. The van der Waals surface area contributed by atoms with Gasteiger partial charge in [0.25, 0.3) is 0 Å². The third-order valence-electron chi connectivity index (χ3n) is 3.57. The number of aryl methyl sites for hydroxylation is 3. The summed E-state index contributed by atoms with van der Waals surface area (Å²) in [5.41, 5.74) is 6.40. The molecule has 2 aromatic rings. The van der Waals surface area contributed by atoms with Gasteiger partial charge in [0.1, 0.15) is 0 Å². The topological polar surface area (TPSA) is 29.9 Å². The van der Waals surface area contributed by atoms with Crippen molar-refractivity contribution in [1.82, 2.24) is 15.1 Å². The maximum absolute atomic E-state index is 4.37. The Kier molecular flexibility index (Phi) is 4.05. The Balaban J connectivity index is 2.48. The van der Waals surface area contributed by atoms with Crippen LogP contribution in [-0.2, 0) is 7.05 Å². The van der Waals surface area contributed by atoms with E-state index in [1.807, 2.05) is 17.9 Å². The normalized spacial score (nSPS) is 12.7. The molecule has 19 heavy (non-hydrogen) atoms. The minimum absolute atomic E-state index is 0.220. The van der Waals surface area contributed by atoms with E-state index in [9.17, 15) is 0 Å². The number of hydrogen-bond donors (Lipinski definition) is 1. The molecule has 1 unspecified atom stereocenters. The summed E-state index contributed by atoms with van der Waals surface area (Å²) in [6.07, 6.45) is 1.97. The fourth-order valence-electron chi connectivity index (χ4n) is 2.59. The van der Waals surface area contributed by atoms with E-state index in [1.165, 1.54) is 27.9 Å². The van der Waals surface area contributed by atoms with Crippen LogP contribution in [0, 0.1) is 20.8 Å². The predicted octanol–water partition coefficient (Wildman–Crippen LogP) is 3.04. The minimum atomic E-state index is 0.220. The fourth-order valence-corrected chi connectivity index (χ4v) is 2.59. The van der Waals surface area contributed by atoms with E-state index in [0.717, 1.165) is 6.54 Å². The van der Waals surface area contributed by atoms with E-state index in [1.54, 1.807) is 0 Å². The highest BCUT2D eigenvalue weighted by Crippen LogP contribution is 2.26. The third kappa shape index (κ3) is 2.87. The second-order valence-electron chi connectivity index (χ2n) is 5.22. The number of nitrogens with zero attached hydrogens (tertiary/aromatic N) is 2. The molecular formula is C16H23N3. The van der Waals surface area contributed by atoms with E-state index in [2.05, 4.69) is 56.3 Å². The van der Waals surface area contributed by atoms with Gasteiger partial charge in [-0.15, -0.1) is 0 Å². The van der Waals surface area contributed by atoms with Crippen molar-refractivity contribution >= 4 is 0 Å². The van der Waals surface area contributed by atoms with Crippen LogP contribution < -0.4 is 5.32 Å². The van der Waals surface area contributed by atoms with Crippen molar-refractivity contribution in [2.45, 2.75) is 33.7 Å². The molecule has 0 radical (unpaired) electrons. The lowest BCUT2D eigenvalue weighted by molar-refractivity contribution is 0.624. The van der Waals surface area contributed by atoms with Crippen molar-refractivity contribution < 1.29 is 0 Å². The van der Waals surface area contributed by atoms with Crippen LogP contribution in [-0.4, -0.2) is 16.3 Å². The summed E-state index contributed by atoms with van der Waals surface area (Å²) in [4.78, 5) is 0. The van der Waals surface area contributed by atoms with Gasteiger partial charge in [0.2, 0.25) is 0 Å². The summed E-state index contributed by atoms with van der Waals surface area (Å²) < 4.78 is 1.93. The lowest BCUT2D eigenvalue weighted by Crippen LogP contribution is -2.22. The number of benzene rings is 1. The van der Waals surface area contributed by atoms with Crippen molar-refractivity contribution in [3.05, 3.63) is 52.3 Å². The number of hydrogen-bond acceptors (Lipinski definition) is 2. The maximum Gasteiger partial charge on any atom is 0.0610 e. The number of aromatic nitrogens is 2. The standard InChI is InChI=1S/C16H23N3/c1-6-17-16(15-10-18-19(5)13(15)4)14-8-11(2)7-12(3)9-14/h7-10,16-17H,6H2,1-5H3. The zero-order valence-electron chi connectivity index (χ0n) is 12.5. The van der Waals surface area contributed by atoms with Crippen LogP contribution in [0.5, 0.6) is 0 Å². The molecule has 1 aromatic carbocycles. The van der Waals surface area contributed by atoms with Crippen LogP contribution >= 0.6 is 0 Å². The van der Waals surface area contributed by atoms with Crippen molar-refractivity contribution in [2.24, 2.45) is 7.05 Å². The third-order valence-corrected chi connectivity index (χ3v) is 3.57. The first kappa shape index (κ1) is 13.8. The van der Waals surface area contributed by atoms with Crippen LogP contribution in [0.2, 0.25) is 0 Å². The van der Waals surface area contributed by atoms with Crippen molar-refractivity contribution in [1.29, 1.82) is 0 Å². The average molecular weight is 257 g/mol. The summed E-state index contributed by atoms with van der Waals surface area (Å²) >= 11 is 0. The molecule has 0 bridgehead atoms. The van der Waals surface area contributed by atoms with Gasteiger partial charge in [0.05, 0.1) is 12.2 Å². The molecule has 0 amide bonds. The predicted molar refractivity (Wildman–Crippen MR) is 79.4 cm³/mol. The summed E-state index contributed by atoms with van der Waals surface area (Å²) in [7, 11) is 1.99. The number of rotatable bonds is 4. The molecule has 0 fully saturated rings. The van der Waals surface area contributed by atoms with Gasteiger partial charge in [0.15, 0.2) is 0 Å². The van der Waals surface area contributed by atoms with Crippen molar-refractivity contribution in [3.8, 4) is 0 Å². The fraction of sp³-hybridized carbons (Fsp3) is 0.438. The molecule has 0 saturated carbocycles. The van der Waals surface area contributed by atoms with Gasteiger partial charge in [-0.2, -0.15) is 5.10 Å². The molecule has 0 aliphatic carbocycles. The Morgan fingerprint density at radius 3 is 2.26 bits per heavy atom. The van der Waals surface area contributed by atoms with E-state index in [4.69, 9.17) is 0 Å². The zero-order chi connectivity index (χ0) is 14.0. The van der Waals surface area contributed by atoms with E-state index in [-0.39, 0.29) is 6.04 Å². The first-order chi connectivity index (χ1) is 9.02. The highest BCUT2D eigenvalue weighted by atomic mass is 15.3. The lowest BCUT2D eigenvalue weighted by Gasteiger charge is -2.19. The van der Waals surface area contributed by atoms with Crippen molar-refractivity contribution in [3.63, 3.8) is 0 Å². The molecule has 3 heteroatoms. The van der Waals surface area contributed by atoms with E-state index >= 15 is 0 Å². The second kappa shape index (κ2) is 5.57. The van der Waals surface area contributed by atoms with Gasteiger partial charge in [-0.25, -0.2) is 0 Å². The zero-order valence-corrected chi connectivity index (χ0v) is 12.5. The quantitative estimate of drug-likeness (QED) is 0.912. The molecule has 1 N–H and O–H groups in total. The van der Waals surface area contributed by atoms with Crippen LogP contribution in [0.25, 0.3) is 0 Å². The summed E-state index contributed by atoms with van der Waals surface area (Å²) in [6.45, 7) is 9.49. The van der Waals surface area contributed by atoms with Crippen molar-refractivity contribution in [2.75, 3.05) is 6.54 Å². The molecular weight excluding hydrogens is 234 g/mol. The first-order valence-electron chi connectivity index (χ1n) is 6.83. The molecule has 0 aliphatic rings. The van der Waals surface area contributed by atoms with Crippen LogP contribution in [0.15, 0.2) is 24.4 Å². The Hall–Kier alpha value is -1.61. The van der Waals surface area contributed by atoms with Gasteiger partial charge in [-0.1, -0.05) is 36.2 Å². The summed E-state index contributed by atoms with van der Waals surface area (Å²) in [6, 6.07) is 6.94. The Bertz CT molecular complexity index is 549. The van der Waals surface area contributed by atoms with Crippen LogP contribution in [0.3, 0.4) is 0 Å². The lowest BCUT2D eigenvalue weighted by atomic mass is 9.96. The molecule has 0 saturated heterocycles. The summed E-state index contributed by atoms with van der Waals surface area (Å²) in [5.74, 6) is 0. The molecule has 1 heterocycles. The second-order valence-corrected chi connectivity index (χ2v) is 5.22. The molecule has 0 aliphatic heterocycles. The van der Waals surface area contributed by atoms with Crippen LogP contribution in [0.1, 0.15) is 40.9 Å². The Morgan fingerprint density at radius 1 is 1.16 bits per heavy atom. The van der Waals surface area contributed by atoms with Crippen LogP contribution in [0.4, 0.5) is 0 Å². The van der Waals surface area contributed by atoms with Gasteiger partial charge in [0, 0.05) is 18.3 Å². The van der Waals surface area contributed by atoms with E-state index in [0.29, 0.717) is 0 Å². The molecule has 1 aromatic heterocycles.